The highest BCUT2D eigenvalue weighted by Crippen LogP contribution is 2.37. The highest BCUT2D eigenvalue weighted by molar-refractivity contribution is 5.92. The summed E-state index contributed by atoms with van der Waals surface area (Å²) in [6.07, 6.45) is 3.31. The van der Waals surface area contributed by atoms with Gasteiger partial charge in [0.15, 0.2) is 17.5 Å². The number of amides is 1. The average Bonchev–Trinajstić information content (AvgIpc) is 3.58. The molecule has 1 atom stereocenters. The van der Waals surface area contributed by atoms with Crippen LogP contribution in [-0.4, -0.2) is 77.2 Å². The maximum atomic E-state index is 15.3. The Morgan fingerprint density at radius 3 is 2.50 bits per heavy atom. The second kappa shape index (κ2) is 10.8. The maximum Gasteiger partial charge on any atom is 0.414 e. The van der Waals surface area contributed by atoms with Gasteiger partial charge < -0.3 is 34.1 Å². The fraction of sp³-hybridized carbons (Fsp3) is 0.345. The molecule has 228 valence electrons. The fourth-order valence-corrected chi connectivity index (χ4v) is 5.68. The largest absolute Gasteiger partial charge is 0.477 e. The molecule has 13 nitrogen and oxygen atoms in total. The fourth-order valence-electron chi connectivity index (χ4n) is 5.68. The van der Waals surface area contributed by atoms with Crippen molar-refractivity contribution < 1.29 is 32.7 Å². The van der Waals surface area contributed by atoms with Crippen LogP contribution in [0.5, 0.6) is 0 Å². The molecule has 0 radical (unpaired) electrons. The van der Waals surface area contributed by atoms with Crippen molar-refractivity contribution in [1.29, 1.82) is 0 Å². The first-order valence-electron chi connectivity index (χ1n) is 14.2. The highest BCUT2D eigenvalue weighted by Gasteiger charge is 2.34. The highest BCUT2D eigenvalue weighted by atomic mass is 19.1. The molecule has 2 saturated heterocycles. The zero-order chi connectivity index (χ0) is 30.5. The summed E-state index contributed by atoms with van der Waals surface area (Å²) in [6.45, 7) is 1.94. The normalized spacial score (nSPS) is 18.6. The molecule has 3 aliphatic rings. The van der Waals surface area contributed by atoms with Crippen LogP contribution in [0.25, 0.3) is 11.0 Å². The minimum Gasteiger partial charge on any atom is -0.477 e. The number of ether oxygens (including phenoxy) is 1. The SMILES string of the molecule is O=C(O)c1cn(C2CC2)c2nc(N3CCN(c4ccc(N5C[C@H](CNc6ccon6)OC5=O)cc4F)CC3)c(F)cc2c1=O. The molecule has 4 aromatic rings. The van der Waals surface area contributed by atoms with Crippen LogP contribution < -0.4 is 25.4 Å². The van der Waals surface area contributed by atoms with Gasteiger partial charge in [0.25, 0.3) is 0 Å². The predicted octanol–water partition coefficient (Wildman–Crippen LogP) is 3.46. The summed E-state index contributed by atoms with van der Waals surface area (Å²) in [4.78, 5) is 46.3. The number of carboxylic acids is 1. The number of nitrogens with one attached hydrogen (secondary N) is 1. The van der Waals surface area contributed by atoms with Crippen molar-refractivity contribution in [3.05, 3.63) is 70.2 Å². The van der Waals surface area contributed by atoms with Crippen molar-refractivity contribution in [3.63, 3.8) is 0 Å². The summed E-state index contributed by atoms with van der Waals surface area (Å²) in [7, 11) is 0. The number of pyridine rings is 2. The minimum absolute atomic E-state index is 0.00850. The van der Waals surface area contributed by atoms with Crippen LogP contribution >= 0.6 is 0 Å². The number of carboxylic acid groups (broad SMARTS) is 1. The number of benzene rings is 1. The molecular weight excluding hydrogens is 580 g/mol. The Kier molecular flexibility index (Phi) is 6.78. The Balaban J connectivity index is 1.04. The number of cyclic esters (lactones) is 1. The second-order valence-electron chi connectivity index (χ2n) is 11.0. The van der Waals surface area contributed by atoms with Gasteiger partial charge >= 0.3 is 12.1 Å². The lowest BCUT2D eigenvalue weighted by molar-refractivity contribution is 0.0694. The summed E-state index contributed by atoms with van der Waals surface area (Å²) in [5.41, 5.74) is -0.219. The van der Waals surface area contributed by atoms with Crippen LogP contribution in [0.4, 0.5) is 36.6 Å². The molecule has 0 bridgehead atoms. The molecule has 5 heterocycles. The van der Waals surface area contributed by atoms with Crippen molar-refractivity contribution in [3.8, 4) is 0 Å². The first-order chi connectivity index (χ1) is 21.3. The van der Waals surface area contributed by atoms with Crippen molar-refractivity contribution in [2.45, 2.75) is 25.0 Å². The van der Waals surface area contributed by atoms with Gasteiger partial charge in [0, 0.05) is 44.5 Å². The van der Waals surface area contributed by atoms with Crippen molar-refractivity contribution >= 4 is 46.1 Å². The lowest BCUT2D eigenvalue weighted by atomic mass is 10.1. The molecular formula is C29H27F2N7O6. The van der Waals surface area contributed by atoms with Crippen LogP contribution in [0.15, 0.2) is 52.1 Å². The van der Waals surface area contributed by atoms with Gasteiger partial charge in [0.05, 0.1) is 29.9 Å². The number of piperazine rings is 1. The van der Waals surface area contributed by atoms with Crippen LogP contribution in [0, 0.1) is 11.6 Å². The maximum absolute atomic E-state index is 15.3. The molecule has 15 heteroatoms. The number of carbonyl (C=O) groups is 2. The van der Waals surface area contributed by atoms with Crippen LogP contribution in [0.2, 0.25) is 0 Å². The van der Waals surface area contributed by atoms with E-state index in [1.165, 1.54) is 23.4 Å². The van der Waals surface area contributed by atoms with Crippen molar-refractivity contribution in [2.24, 2.45) is 0 Å². The van der Waals surface area contributed by atoms with Gasteiger partial charge in [-0.25, -0.2) is 23.4 Å². The summed E-state index contributed by atoms with van der Waals surface area (Å²) in [5, 5.41) is 16.2. The summed E-state index contributed by atoms with van der Waals surface area (Å²) in [5.74, 6) is -2.03. The Hall–Kier alpha value is -5.21. The molecule has 7 rings (SSSR count). The smallest absolute Gasteiger partial charge is 0.414 e. The number of fused-ring (bicyclic) bond motifs is 1. The monoisotopic (exact) mass is 607 g/mol. The number of rotatable bonds is 8. The zero-order valence-electron chi connectivity index (χ0n) is 23.3. The topological polar surface area (TPSA) is 146 Å². The van der Waals surface area contributed by atoms with Crippen molar-refractivity contribution in [1.82, 2.24) is 14.7 Å². The van der Waals surface area contributed by atoms with E-state index in [1.54, 1.807) is 27.7 Å². The van der Waals surface area contributed by atoms with Gasteiger partial charge in [0.1, 0.15) is 29.4 Å². The molecule has 0 unspecified atom stereocenters. The second-order valence-corrected chi connectivity index (χ2v) is 11.0. The lowest BCUT2D eigenvalue weighted by Crippen LogP contribution is -2.47. The first kappa shape index (κ1) is 27.6. The Morgan fingerprint density at radius 2 is 1.82 bits per heavy atom. The number of aromatic nitrogens is 3. The number of aromatic carboxylic acids is 1. The quantitative estimate of drug-likeness (QED) is 0.304. The summed E-state index contributed by atoms with van der Waals surface area (Å²) >= 11 is 0. The molecule has 3 fully saturated rings. The minimum atomic E-state index is -1.37. The van der Waals surface area contributed by atoms with Gasteiger partial charge in [-0.2, -0.15) is 0 Å². The number of halogens is 2. The summed E-state index contributed by atoms with van der Waals surface area (Å²) < 4.78 is 42.5. The Morgan fingerprint density at radius 1 is 1.05 bits per heavy atom. The van der Waals surface area contributed by atoms with E-state index < -0.39 is 40.8 Å². The number of carbonyl (C=O) groups excluding carboxylic acids is 1. The molecule has 3 aromatic heterocycles. The van der Waals surface area contributed by atoms with E-state index >= 15 is 8.78 Å². The molecule has 1 aliphatic carbocycles. The lowest BCUT2D eigenvalue weighted by Gasteiger charge is -2.37. The number of anilines is 4. The third-order valence-corrected chi connectivity index (χ3v) is 8.10. The predicted molar refractivity (Wildman–Crippen MR) is 155 cm³/mol. The van der Waals surface area contributed by atoms with Gasteiger partial charge in [-0.3, -0.25) is 9.69 Å². The third kappa shape index (κ3) is 5.03. The molecule has 0 spiro atoms. The van der Waals surface area contributed by atoms with E-state index in [1.807, 2.05) is 4.90 Å². The van der Waals surface area contributed by atoms with E-state index in [2.05, 4.69) is 15.5 Å². The average molecular weight is 608 g/mol. The number of hydrogen-bond donors (Lipinski definition) is 2. The number of hydrogen-bond acceptors (Lipinski definition) is 10. The van der Waals surface area contributed by atoms with Gasteiger partial charge in [0.2, 0.25) is 5.43 Å². The van der Waals surface area contributed by atoms with Crippen molar-refractivity contribution in [2.75, 3.05) is 59.3 Å². The first-order valence-corrected chi connectivity index (χ1v) is 14.2. The van der Waals surface area contributed by atoms with Crippen LogP contribution in [0.1, 0.15) is 29.2 Å². The van der Waals surface area contributed by atoms with Gasteiger partial charge in [-0.1, -0.05) is 5.16 Å². The van der Waals surface area contributed by atoms with Gasteiger partial charge in [-0.05, 0) is 37.1 Å². The van der Waals surface area contributed by atoms with E-state index in [0.717, 1.165) is 18.9 Å². The zero-order valence-corrected chi connectivity index (χ0v) is 23.3. The molecule has 1 amide bonds. The molecule has 44 heavy (non-hydrogen) atoms. The van der Waals surface area contributed by atoms with E-state index in [4.69, 9.17) is 9.26 Å². The standard InChI is InChI=1S/C29H27F2N7O6/c30-21-11-17(38-14-18(44-29(38)42)13-32-24-5-10-43-34-24)3-4-23(21)35-6-8-36(9-7-35)27-22(31)12-19-25(39)20(28(40)41)15-37(16-1-2-16)26(19)33-27/h3-5,10-12,15-16,18H,1-2,6-9,13-14H2,(H,32,34)(H,40,41)/t18-/m0/s1. The Labute approximate surface area is 248 Å². The third-order valence-electron chi connectivity index (χ3n) is 8.10. The molecule has 1 aromatic carbocycles. The number of nitrogens with zero attached hydrogens (tertiary/aromatic N) is 6. The van der Waals surface area contributed by atoms with Crippen LogP contribution in [0.3, 0.4) is 0 Å². The van der Waals surface area contributed by atoms with E-state index in [0.29, 0.717) is 49.9 Å². The van der Waals surface area contributed by atoms with E-state index in [-0.39, 0.29) is 29.4 Å². The summed E-state index contributed by atoms with van der Waals surface area (Å²) in [6, 6.07) is 7.28. The Bertz CT molecular complexity index is 1820. The molecule has 1 saturated carbocycles. The van der Waals surface area contributed by atoms with Crippen LogP contribution in [-0.2, 0) is 4.74 Å². The van der Waals surface area contributed by atoms with E-state index in [9.17, 15) is 19.5 Å². The molecule has 2 aliphatic heterocycles. The molecule has 2 N–H and O–H groups in total. The van der Waals surface area contributed by atoms with Gasteiger partial charge in [-0.15, -0.1) is 0 Å².